The molecular formula is C18H20N2O2. The Kier molecular flexibility index (Phi) is 4.94. The van der Waals surface area contributed by atoms with Crippen LogP contribution in [0.15, 0.2) is 42.5 Å². The van der Waals surface area contributed by atoms with Crippen LogP contribution in [0, 0.1) is 13.8 Å². The smallest absolute Gasteiger partial charge is 0.243 e. The molecule has 22 heavy (non-hydrogen) atoms. The molecule has 1 amide bonds. The zero-order chi connectivity index (χ0) is 16.1. The third-order valence-corrected chi connectivity index (χ3v) is 3.51. The number of anilines is 2. The summed E-state index contributed by atoms with van der Waals surface area (Å²) < 4.78 is 0. The van der Waals surface area contributed by atoms with Gasteiger partial charge in [0.25, 0.3) is 0 Å². The zero-order valence-electron chi connectivity index (χ0n) is 13.1. The third-order valence-electron chi connectivity index (χ3n) is 3.51. The summed E-state index contributed by atoms with van der Waals surface area (Å²) in [5, 5.41) is 5.87. The van der Waals surface area contributed by atoms with Crippen LogP contribution in [-0.4, -0.2) is 18.2 Å². The number of rotatable bonds is 5. The van der Waals surface area contributed by atoms with Crippen LogP contribution in [0.1, 0.15) is 28.4 Å². The van der Waals surface area contributed by atoms with E-state index in [1.165, 1.54) is 18.1 Å². The van der Waals surface area contributed by atoms with Crippen molar-refractivity contribution < 1.29 is 9.59 Å². The summed E-state index contributed by atoms with van der Waals surface area (Å²) in [7, 11) is 0. The van der Waals surface area contributed by atoms with Gasteiger partial charge in [-0.1, -0.05) is 18.2 Å². The van der Waals surface area contributed by atoms with Crippen LogP contribution in [0.25, 0.3) is 0 Å². The highest BCUT2D eigenvalue weighted by molar-refractivity contribution is 5.98. The number of carbonyl (C=O) groups excluding carboxylic acids is 2. The van der Waals surface area contributed by atoms with Crippen LogP contribution in [0.3, 0.4) is 0 Å². The third kappa shape index (κ3) is 4.19. The summed E-state index contributed by atoms with van der Waals surface area (Å²) in [6.45, 7) is 5.76. The van der Waals surface area contributed by atoms with Gasteiger partial charge in [0.2, 0.25) is 5.91 Å². The SMILES string of the molecule is CC(=O)c1cccc(NC(=O)CNc2ccc(C)c(C)c2)c1. The molecule has 0 aliphatic rings. The topological polar surface area (TPSA) is 58.2 Å². The largest absolute Gasteiger partial charge is 0.376 e. The van der Waals surface area contributed by atoms with E-state index in [0.717, 1.165) is 5.69 Å². The second-order valence-corrected chi connectivity index (χ2v) is 5.34. The van der Waals surface area contributed by atoms with E-state index in [1.54, 1.807) is 24.3 Å². The number of benzene rings is 2. The van der Waals surface area contributed by atoms with Crippen molar-refractivity contribution >= 4 is 23.1 Å². The first kappa shape index (κ1) is 15.8. The van der Waals surface area contributed by atoms with Crippen molar-refractivity contribution in [3.05, 3.63) is 59.2 Å². The van der Waals surface area contributed by atoms with E-state index in [2.05, 4.69) is 10.6 Å². The molecule has 0 saturated heterocycles. The molecule has 0 unspecified atom stereocenters. The Balaban J connectivity index is 1.94. The first-order valence-electron chi connectivity index (χ1n) is 7.17. The summed E-state index contributed by atoms with van der Waals surface area (Å²) in [6, 6.07) is 12.9. The molecule has 2 N–H and O–H groups in total. The first-order valence-corrected chi connectivity index (χ1v) is 7.17. The molecule has 2 aromatic rings. The molecule has 0 saturated carbocycles. The Bertz CT molecular complexity index is 708. The molecule has 0 spiro atoms. The quantitative estimate of drug-likeness (QED) is 0.829. The highest BCUT2D eigenvalue weighted by Gasteiger charge is 2.05. The number of amides is 1. The van der Waals surface area contributed by atoms with Gasteiger partial charge in [0.05, 0.1) is 6.54 Å². The number of carbonyl (C=O) groups is 2. The monoisotopic (exact) mass is 296 g/mol. The van der Waals surface area contributed by atoms with Crippen molar-refractivity contribution in [2.75, 3.05) is 17.2 Å². The number of hydrogen-bond donors (Lipinski definition) is 2. The Labute approximate surface area is 130 Å². The second-order valence-electron chi connectivity index (χ2n) is 5.34. The van der Waals surface area contributed by atoms with Gasteiger partial charge in [0.1, 0.15) is 0 Å². The van der Waals surface area contributed by atoms with Crippen molar-refractivity contribution in [1.29, 1.82) is 0 Å². The molecule has 0 aliphatic heterocycles. The van der Waals surface area contributed by atoms with E-state index in [-0.39, 0.29) is 18.2 Å². The molecule has 4 nitrogen and oxygen atoms in total. The minimum atomic E-state index is -0.154. The lowest BCUT2D eigenvalue weighted by Crippen LogP contribution is -2.21. The highest BCUT2D eigenvalue weighted by atomic mass is 16.2. The van der Waals surface area contributed by atoms with Crippen molar-refractivity contribution in [2.24, 2.45) is 0 Å². The summed E-state index contributed by atoms with van der Waals surface area (Å²) in [4.78, 5) is 23.3. The first-order chi connectivity index (χ1) is 10.5. The predicted octanol–water partition coefficient (Wildman–Crippen LogP) is 3.56. The maximum absolute atomic E-state index is 12.0. The van der Waals surface area contributed by atoms with Gasteiger partial charge in [-0.2, -0.15) is 0 Å². The Morgan fingerprint density at radius 1 is 0.955 bits per heavy atom. The van der Waals surface area contributed by atoms with Gasteiger partial charge in [-0.3, -0.25) is 9.59 Å². The van der Waals surface area contributed by atoms with Crippen molar-refractivity contribution in [2.45, 2.75) is 20.8 Å². The Morgan fingerprint density at radius 3 is 2.41 bits per heavy atom. The van der Waals surface area contributed by atoms with Gasteiger partial charge in [-0.25, -0.2) is 0 Å². The van der Waals surface area contributed by atoms with Gasteiger partial charge in [-0.05, 0) is 56.2 Å². The molecule has 0 aliphatic carbocycles. The van der Waals surface area contributed by atoms with Crippen LogP contribution in [0.4, 0.5) is 11.4 Å². The summed E-state index contributed by atoms with van der Waals surface area (Å²) in [5.41, 5.74) is 4.52. The summed E-state index contributed by atoms with van der Waals surface area (Å²) in [5.74, 6) is -0.178. The average Bonchev–Trinajstić information content (AvgIpc) is 2.49. The predicted molar refractivity (Wildman–Crippen MR) is 89.5 cm³/mol. The zero-order valence-corrected chi connectivity index (χ0v) is 13.1. The summed E-state index contributed by atoms with van der Waals surface area (Å²) >= 11 is 0. The van der Waals surface area contributed by atoms with Crippen molar-refractivity contribution in [3.8, 4) is 0 Å². The van der Waals surface area contributed by atoms with Gasteiger partial charge >= 0.3 is 0 Å². The van der Waals surface area contributed by atoms with E-state index >= 15 is 0 Å². The van der Waals surface area contributed by atoms with Crippen molar-refractivity contribution in [3.63, 3.8) is 0 Å². The van der Waals surface area contributed by atoms with Crippen molar-refractivity contribution in [1.82, 2.24) is 0 Å². The average molecular weight is 296 g/mol. The van der Waals surface area contributed by atoms with E-state index in [9.17, 15) is 9.59 Å². The molecule has 2 aromatic carbocycles. The van der Waals surface area contributed by atoms with Gasteiger partial charge < -0.3 is 10.6 Å². The fourth-order valence-electron chi connectivity index (χ4n) is 2.05. The number of hydrogen-bond acceptors (Lipinski definition) is 3. The number of nitrogens with one attached hydrogen (secondary N) is 2. The molecular weight excluding hydrogens is 276 g/mol. The van der Waals surface area contributed by atoms with E-state index in [0.29, 0.717) is 11.3 Å². The molecule has 4 heteroatoms. The maximum atomic E-state index is 12.0. The standard InChI is InChI=1S/C18H20N2O2/c1-12-7-8-16(9-13(12)2)19-11-18(22)20-17-6-4-5-15(10-17)14(3)21/h4-10,19H,11H2,1-3H3,(H,20,22). The number of Topliss-reactive ketones (excluding diaryl/α,β-unsaturated/α-hetero) is 1. The molecule has 0 aromatic heterocycles. The summed E-state index contributed by atoms with van der Waals surface area (Å²) in [6.07, 6.45) is 0. The van der Waals surface area contributed by atoms with E-state index in [1.807, 2.05) is 32.0 Å². The van der Waals surface area contributed by atoms with E-state index in [4.69, 9.17) is 0 Å². The van der Waals surface area contributed by atoms with Crippen LogP contribution in [0.5, 0.6) is 0 Å². The highest BCUT2D eigenvalue weighted by Crippen LogP contribution is 2.14. The number of ketones is 1. The van der Waals surface area contributed by atoms with Crippen LogP contribution in [-0.2, 0) is 4.79 Å². The minimum Gasteiger partial charge on any atom is -0.376 e. The fraction of sp³-hybridized carbons (Fsp3) is 0.222. The molecule has 114 valence electrons. The molecule has 0 fully saturated rings. The molecule has 0 atom stereocenters. The number of aryl methyl sites for hydroxylation is 2. The Hall–Kier alpha value is -2.62. The van der Waals surface area contributed by atoms with E-state index < -0.39 is 0 Å². The lowest BCUT2D eigenvalue weighted by Gasteiger charge is -2.10. The maximum Gasteiger partial charge on any atom is 0.243 e. The van der Waals surface area contributed by atoms with Crippen LogP contribution in [0.2, 0.25) is 0 Å². The lowest BCUT2D eigenvalue weighted by atomic mass is 10.1. The minimum absolute atomic E-state index is 0.0237. The second kappa shape index (κ2) is 6.89. The van der Waals surface area contributed by atoms with Gasteiger partial charge in [0.15, 0.2) is 5.78 Å². The molecule has 0 radical (unpaired) electrons. The molecule has 0 heterocycles. The lowest BCUT2D eigenvalue weighted by molar-refractivity contribution is -0.114. The fourth-order valence-corrected chi connectivity index (χ4v) is 2.05. The normalized spacial score (nSPS) is 10.1. The Morgan fingerprint density at radius 2 is 1.73 bits per heavy atom. The van der Waals surface area contributed by atoms with Crippen LogP contribution < -0.4 is 10.6 Å². The molecule has 0 bridgehead atoms. The van der Waals surface area contributed by atoms with Gasteiger partial charge in [-0.15, -0.1) is 0 Å². The van der Waals surface area contributed by atoms with Crippen LogP contribution >= 0.6 is 0 Å². The molecule has 2 rings (SSSR count). The van der Waals surface area contributed by atoms with Gasteiger partial charge in [0, 0.05) is 16.9 Å².